The van der Waals surface area contributed by atoms with Crippen LogP contribution in [0.3, 0.4) is 0 Å². The zero-order valence-electron chi connectivity index (χ0n) is 18.5. The number of methoxy groups -OCH3 is 4. The van der Waals surface area contributed by atoms with Gasteiger partial charge in [0.1, 0.15) is 11.3 Å². The number of esters is 1. The van der Waals surface area contributed by atoms with Crippen molar-refractivity contribution >= 4 is 28.5 Å². The maximum absolute atomic E-state index is 13.1. The van der Waals surface area contributed by atoms with Gasteiger partial charge >= 0.3 is 5.97 Å². The Morgan fingerprint density at radius 3 is 2.22 bits per heavy atom. The molecule has 9 nitrogen and oxygen atoms in total. The van der Waals surface area contributed by atoms with Crippen LogP contribution in [0.5, 0.6) is 17.2 Å². The molecule has 0 fully saturated rings. The highest BCUT2D eigenvalue weighted by atomic mass is 16.5. The van der Waals surface area contributed by atoms with E-state index in [9.17, 15) is 14.4 Å². The van der Waals surface area contributed by atoms with Gasteiger partial charge in [0, 0.05) is 24.9 Å². The van der Waals surface area contributed by atoms with Crippen LogP contribution in [-0.2, 0) is 11.3 Å². The fraction of sp³-hybridized carbons (Fsp3) is 0.261. The number of rotatable bonds is 7. The van der Waals surface area contributed by atoms with Crippen LogP contribution in [0.15, 0.2) is 41.3 Å². The Morgan fingerprint density at radius 1 is 0.938 bits per heavy atom. The summed E-state index contributed by atoms with van der Waals surface area (Å²) in [5.74, 6) is -0.279. The quantitative estimate of drug-likeness (QED) is 0.563. The number of anilines is 1. The Balaban J connectivity index is 2.13. The fourth-order valence-corrected chi connectivity index (χ4v) is 3.38. The molecular formula is C23H24N2O7. The number of hydrogen-bond acceptors (Lipinski definition) is 7. The normalized spacial score (nSPS) is 10.5. The molecule has 1 N–H and O–H groups in total. The minimum atomic E-state index is -0.685. The van der Waals surface area contributed by atoms with E-state index in [1.807, 2.05) is 6.92 Å². The first-order chi connectivity index (χ1) is 15.4. The topological polar surface area (TPSA) is 105 Å². The Bertz CT molecular complexity index is 1250. The van der Waals surface area contributed by atoms with Gasteiger partial charge in [-0.1, -0.05) is 0 Å². The lowest BCUT2D eigenvalue weighted by atomic mass is 10.1. The summed E-state index contributed by atoms with van der Waals surface area (Å²) >= 11 is 0. The zero-order chi connectivity index (χ0) is 23.4. The number of fused-ring (bicyclic) bond motifs is 1. The molecule has 0 saturated carbocycles. The largest absolute Gasteiger partial charge is 0.497 e. The van der Waals surface area contributed by atoms with Crippen LogP contribution in [0.4, 0.5) is 5.69 Å². The van der Waals surface area contributed by atoms with E-state index >= 15 is 0 Å². The molecule has 0 aliphatic carbocycles. The van der Waals surface area contributed by atoms with Gasteiger partial charge in [0.2, 0.25) is 5.43 Å². The van der Waals surface area contributed by atoms with Crippen molar-refractivity contribution in [1.82, 2.24) is 4.57 Å². The summed E-state index contributed by atoms with van der Waals surface area (Å²) in [6, 6.07) is 7.95. The summed E-state index contributed by atoms with van der Waals surface area (Å²) in [5, 5.41) is 2.98. The lowest BCUT2D eigenvalue weighted by molar-refractivity contribution is 0.0601. The van der Waals surface area contributed by atoms with Gasteiger partial charge < -0.3 is 28.8 Å². The molecule has 3 rings (SSSR count). The fourth-order valence-electron chi connectivity index (χ4n) is 3.38. The summed E-state index contributed by atoms with van der Waals surface area (Å²) in [6.07, 6.45) is 1.49. The second kappa shape index (κ2) is 9.42. The van der Waals surface area contributed by atoms with Crippen molar-refractivity contribution in [2.75, 3.05) is 33.8 Å². The number of pyridine rings is 1. The summed E-state index contributed by atoms with van der Waals surface area (Å²) in [5.41, 5.74) is 0.306. The van der Waals surface area contributed by atoms with Gasteiger partial charge in [0.25, 0.3) is 5.91 Å². The molecular weight excluding hydrogens is 416 g/mol. The maximum Gasteiger partial charge on any atom is 0.340 e. The second-order valence-electron chi connectivity index (χ2n) is 6.74. The van der Waals surface area contributed by atoms with Crippen molar-refractivity contribution in [1.29, 1.82) is 0 Å². The standard InChI is InChI=1S/C23H24N2O7/c1-6-25-12-16(21(26)15-9-13(29-2)7-8-18(15)25)22(27)24-17-11-20(31-4)19(30-3)10-14(17)23(28)32-5/h7-12H,6H2,1-5H3,(H,24,27). The van der Waals surface area contributed by atoms with E-state index in [1.165, 1.54) is 46.8 Å². The molecule has 0 radical (unpaired) electrons. The molecule has 9 heteroatoms. The molecule has 168 valence electrons. The molecule has 1 aromatic heterocycles. The second-order valence-corrected chi connectivity index (χ2v) is 6.74. The Morgan fingerprint density at radius 2 is 1.62 bits per heavy atom. The van der Waals surface area contributed by atoms with Crippen LogP contribution in [0, 0.1) is 0 Å². The smallest absolute Gasteiger partial charge is 0.340 e. The lowest BCUT2D eigenvalue weighted by Crippen LogP contribution is -2.25. The molecule has 1 amide bonds. The minimum absolute atomic E-state index is 0.0526. The molecule has 0 aliphatic heterocycles. The first kappa shape index (κ1) is 22.7. The Labute approximate surface area is 184 Å². The van der Waals surface area contributed by atoms with Crippen LogP contribution in [0.2, 0.25) is 0 Å². The SMILES string of the molecule is CCn1cc(C(=O)Nc2cc(OC)c(OC)cc2C(=O)OC)c(=O)c2cc(OC)ccc21. The number of carbonyl (C=O) groups is 2. The summed E-state index contributed by atoms with van der Waals surface area (Å²) in [6.45, 7) is 2.44. The van der Waals surface area contributed by atoms with Crippen molar-refractivity contribution in [2.45, 2.75) is 13.5 Å². The molecule has 2 aromatic carbocycles. The third-order valence-electron chi connectivity index (χ3n) is 5.05. The van der Waals surface area contributed by atoms with E-state index in [0.29, 0.717) is 28.9 Å². The average molecular weight is 440 g/mol. The van der Waals surface area contributed by atoms with Crippen LogP contribution in [-0.4, -0.2) is 44.9 Å². The third-order valence-corrected chi connectivity index (χ3v) is 5.05. The minimum Gasteiger partial charge on any atom is -0.497 e. The monoisotopic (exact) mass is 440 g/mol. The van der Waals surface area contributed by atoms with Gasteiger partial charge in [-0.05, 0) is 25.1 Å². The summed E-state index contributed by atoms with van der Waals surface area (Å²) < 4.78 is 22.3. The molecule has 0 saturated heterocycles. The molecule has 1 heterocycles. The van der Waals surface area contributed by atoms with E-state index in [2.05, 4.69) is 5.32 Å². The van der Waals surface area contributed by atoms with Gasteiger partial charge in [0.05, 0.1) is 50.6 Å². The highest BCUT2D eigenvalue weighted by molar-refractivity contribution is 6.09. The number of carbonyl (C=O) groups excluding carboxylic acids is 2. The highest BCUT2D eigenvalue weighted by Gasteiger charge is 2.22. The van der Waals surface area contributed by atoms with E-state index < -0.39 is 17.3 Å². The van der Waals surface area contributed by atoms with Crippen LogP contribution in [0.1, 0.15) is 27.6 Å². The molecule has 0 bridgehead atoms. The average Bonchev–Trinajstić information content (AvgIpc) is 2.83. The number of benzene rings is 2. The maximum atomic E-state index is 13.1. The molecule has 0 spiro atoms. The predicted octanol–water partition coefficient (Wildman–Crippen LogP) is 3.09. The molecule has 0 aliphatic rings. The lowest BCUT2D eigenvalue weighted by Gasteiger charge is -2.16. The first-order valence-corrected chi connectivity index (χ1v) is 9.75. The predicted molar refractivity (Wildman–Crippen MR) is 119 cm³/mol. The van der Waals surface area contributed by atoms with Crippen LogP contribution >= 0.6 is 0 Å². The zero-order valence-corrected chi connectivity index (χ0v) is 18.5. The van der Waals surface area contributed by atoms with Crippen molar-refractivity contribution in [3.05, 3.63) is 57.9 Å². The van der Waals surface area contributed by atoms with Crippen molar-refractivity contribution in [3.8, 4) is 17.2 Å². The number of nitrogens with zero attached hydrogens (tertiary/aromatic N) is 1. The number of hydrogen-bond donors (Lipinski definition) is 1. The Kier molecular flexibility index (Phi) is 6.67. The van der Waals surface area contributed by atoms with Crippen LogP contribution in [0.25, 0.3) is 10.9 Å². The highest BCUT2D eigenvalue weighted by Crippen LogP contribution is 2.34. The summed E-state index contributed by atoms with van der Waals surface area (Å²) in [7, 11) is 5.58. The number of amides is 1. The van der Waals surface area contributed by atoms with Gasteiger partial charge in [0.15, 0.2) is 11.5 Å². The molecule has 32 heavy (non-hydrogen) atoms. The van der Waals surface area contributed by atoms with Gasteiger partial charge in [-0.25, -0.2) is 4.79 Å². The van der Waals surface area contributed by atoms with Gasteiger partial charge in [-0.15, -0.1) is 0 Å². The van der Waals surface area contributed by atoms with E-state index in [-0.39, 0.29) is 22.6 Å². The van der Waals surface area contributed by atoms with Crippen molar-refractivity contribution < 1.29 is 28.5 Å². The van der Waals surface area contributed by atoms with Crippen molar-refractivity contribution in [2.24, 2.45) is 0 Å². The Hall–Kier alpha value is -4.01. The third kappa shape index (κ3) is 4.09. The molecule has 0 atom stereocenters. The van der Waals surface area contributed by atoms with Crippen LogP contribution < -0.4 is 25.0 Å². The van der Waals surface area contributed by atoms with Crippen molar-refractivity contribution in [3.63, 3.8) is 0 Å². The first-order valence-electron chi connectivity index (χ1n) is 9.75. The molecule has 0 unspecified atom stereocenters. The van der Waals surface area contributed by atoms with E-state index in [0.717, 1.165) is 0 Å². The number of nitrogens with one attached hydrogen (secondary N) is 1. The number of aryl methyl sites for hydroxylation is 1. The van der Waals surface area contributed by atoms with E-state index in [4.69, 9.17) is 18.9 Å². The number of ether oxygens (including phenoxy) is 4. The summed E-state index contributed by atoms with van der Waals surface area (Å²) in [4.78, 5) is 38.6. The van der Waals surface area contributed by atoms with E-state index in [1.54, 1.807) is 22.8 Å². The number of aromatic nitrogens is 1. The molecule has 3 aromatic rings. The van der Waals surface area contributed by atoms with Gasteiger partial charge in [-0.2, -0.15) is 0 Å². The van der Waals surface area contributed by atoms with Gasteiger partial charge in [-0.3, -0.25) is 9.59 Å².